The van der Waals surface area contributed by atoms with Crippen LogP contribution in [0, 0.1) is 13.8 Å². The van der Waals surface area contributed by atoms with Gasteiger partial charge < -0.3 is 30.6 Å². The van der Waals surface area contributed by atoms with Gasteiger partial charge in [0.1, 0.15) is 0 Å². The average Bonchev–Trinajstić information content (AvgIpc) is 3.84. The number of nitrogens with zero attached hydrogens (tertiary/aromatic N) is 3. The number of aryl methyl sites for hydroxylation is 4. The highest BCUT2D eigenvalue weighted by molar-refractivity contribution is 7.78. The maximum atomic E-state index is 13.2. The number of benzene rings is 1. The summed E-state index contributed by atoms with van der Waals surface area (Å²) in [6.07, 6.45) is 1.73. The van der Waals surface area contributed by atoms with Crippen LogP contribution in [0.4, 0.5) is 5.69 Å². The van der Waals surface area contributed by atoms with Crippen molar-refractivity contribution in [2.24, 2.45) is 4.99 Å². The summed E-state index contributed by atoms with van der Waals surface area (Å²) in [6.45, 7) is 8.16. The zero-order valence-corrected chi connectivity index (χ0v) is 34.2. The summed E-state index contributed by atoms with van der Waals surface area (Å²) in [6, 6.07) is 15.2. The van der Waals surface area contributed by atoms with E-state index in [1.807, 2.05) is 76.2 Å². The van der Waals surface area contributed by atoms with Crippen LogP contribution < -0.4 is 5.32 Å². The molecule has 0 spiro atoms. The molecule has 8 bridgehead atoms. The Morgan fingerprint density at radius 2 is 1.10 bits per heavy atom. The number of carbonyl (C=O) groups is 4. The van der Waals surface area contributed by atoms with Crippen molar-refractivity contribution in [2.45, 2.75) is 85.5 Å². The number of thiocarbonyl (C=S) groups is 1. The first kappa shape index (κ1) is 42.1. The van der Waals surface area contributed by atoms with Crippen LogP contribution in [0.3, 0.4) is 0 Å². The lowest BCUT2D eigenvalue weighted by molar-refractivity contribution is -0.137. The van der Waals surface area contributed by atoms with Crippen molar-refractivity contribution < 1.29 is 34.5 Å². The molecule has 59 heavy (non-hydrogen) atoms. The largest absolute Gasteiger partial charge is 0.481 e. The first-order valence-electron chi connectivity index (χ1n) is 19.4. The maximum absolute atomic E-state index is 13.2. The second-order valence-electron chi connectivity index (χ2n) is 14.8. The normalized spacial score (nSPS) is 12.4. The molecule has 6 N–H and O–H groups in total. The Hall–Kier alpha value is -6.50. The summed E-state index contributed by atoms with van der Waals surface area (Å²) in [5.41, 5.74) is 13.7. The minimum absolute atomic E-state index is 0.0850. The molecule has 6 rings (SSSR count). The fourth-order valence-electron chi connectivity index (χ4n) is 7.65. The highest BCUT2D eigenvalue weighted by Gasteiger charge is 2.23. The number of aliphatic carboxylic acids is 3. The quantitative estimate of drug-likeness (QED) is 0.0469. The van der Waals surface area contributed by atoms with E-state index >= 15 is 0 Å². The number of nitrogens with one attached hydrogen (secondary N) is 3. The van der Waals surface area contributed by atoms with Crippen LogP contribution in [0.5, 0.6) is 0 Å². The van der Waals surface area contributed by atoms with Gasteiger partial charge in [-0.3, -0.25) is 19.2 Å². The van der Waals surface area contributed by atoms with Gasteiger partial charge in [-0.05, 0) is 159 Å². The fourth-order valence-corrected chi connectivity index (χ4v) is 7.76. The lowest BCUT2D eigenvalue weighted by atomic mass is 9.98. The third-order valence-corrected chi connectivity index (χ3v) is 11.1. The molecule has 0 atom stereocenters. The van der Waals surface area contributed by atoms with Crippen LogP contribution in [0.25, 0.3) is 44.4 Å². The van der Waals surface area contributed by atoms with Gasteiger partial charge >= 0.3 is 17.9 Å². The molecule has 4 aromatic rings. The number of allylic oxidation sites excluding steroid dienone is 4. The molecule has 3 aromatic heterocycles. The summed E-state index contributed by atoms with van der Waals surface area (Å²) in [5, 5.41) is 34.3. The maximum Gasteiger partial charge on any atom is 0.303 e. The van der Waals surface area contributed by atoms with E-state index in [9.17, 15) is 34.5 Å². The molecule has 5 heterocycles. The minimum atomic E-state index is -0.941. The molecular formula is C45H46N6O7S. The van der Waals surface area contributed by atoms with Gasteiger partial charge in [-0.1, -0.05) is 12.1 Å². The van der Waals surface area contributed by atoms with E-state index in [1.54, 1.807) is 0 Å². The first-order valence-corrected chi connectivity index (χ1v) is 19.9. The highest BCUT2D eigenvalue weighted by Crippen LogP contribution is 2.38. The van der Waals surface area contributed by atoms with Crippen LogP contribution in [-0.4, -0.2) is 70.8 Å². The van der Waals surface area contributed by atoms with Crippen molar-refractivity contribution in [3.05, 3.63) is 99.1 Å². The van der Waals surface area contributed by atoms with Crippen LogP contribution in [0.2, 0.25) is 0 Å². The third kappa shape index (κ3) is 9.97. The molecule has 0 radical (unpaired) electrons. The molecule has 2 aliphatic rings. The predicted molar refractivity (Wildman–Crippen MR) is 231 cm³/mol. The fraction of sp³-hybridized carbons (Fsp3) is 0.311. The van der Waals surface area contributed by atoms with Crippen LogP contribution in [0.15, 0.2) is 53.5 Å². The van der Waals surface area contributed by atoms with Crippen molar-refractivity contribution in [3.63, 3.8) is 0 Å². The number of aromatic amines is 2. The summed E-state index contributed by atoms with van der Waals surface area (Å²) < 4.78 is 0. The van der Waals surface area contributed by atoms with Crippen molar-refractivity contribution in [2.75, 3.05) is 6.54 Å². The molecule has 0 aliphatic carbocycles. The summed E-state index contributed by atoms with van der Waals surface area (Å²) in [4.78, 5) is 69.5. The lowest BCUT2D eigenvalue weighted by Crippen LogP contribution is -2.25. The Morgan fingerprint density at radius 3 is 1.66 bits per heavy atom. The third-order valence-electron chi connectivity index (χ3n) is 11.0. The number of H-pyrrole nitrogens is 2. The van der Waals surface area contributed by atoms with Gasteiger partial charge in [-0.2, -0.15) is 4.99 Å². The molecule has 13 nitrogen and oxygen atoms in total. The number of carbonyl (C=O) groups excluding carboxylic acids is 1. The molecule has 0 saturated carbocycles. The molecular weight excluding hydrogens is 769 g/mol. The van der Waals surface area contributed by atoms with Gasteiger partial charge in [-0.15, -0.1) is 0 Å². The van der Waals surface area contributed by atoms with E-state index < -0.39 is 17.9 Å². The number of carboxylic acid groups (broad SMARTS) is 3. The molecule has 0 fully saturated rings. The summed E-state index contributed by atoms with van der Waals surface area (Å²) in [5.74, 6) is -2.90. The first-order chi connectivity index (χ1) is 28.2. The van der Waals surface area contributed by atoms with E-state index in [1.165, 1.54) is 0 Å². The Balaban J connectivity index is 1.49. The van der Waals surface area contributed by atoms with Gasteiger partial charge in [0.2, 0.25) is 5.91 Å². The number of rotatable bonds is 16. The monoisotopic (exact) mass is 814 g/mol. The topological polar surface area (TPSA) is 211 Å². The number of carboxylic acids is 3. The summed E-state index contributed by atoms with van der Waals surface area (Å²) in [7, 11) is 0. The standard InChI is InChI=1S/C45H46N6O7S/c1-24-30(9-13-42(52)46-18-17-28-5-7-29(8-6-28)47-23-59)38-19-35-25(2)31(10-14-43(53)54)40(49-35)21-37-27(4)33(12-16-45(57)58)41(51-37)22-36-26(3)32(11-15-44(55)56)39(50-36)20-34(24)48-38/h5-8,19-22,48-49H,9-18H2,1-4H3,(H,46,52)(H,53,54)(H,55,56)(H,57,58). The molecule has 0 unspecified atom stereocenters. The Labute approximate surface area is 346 Å². The van der Waals surface area contributed by atoms with Crippen LogP contribution in [-0.2, 0) is 38.4 Å². The molecule has 0 saturated heterocycles. The number of hydrogen-bond acceptors (Lipinski definition) is 8. The Morgan fingerprint density at radius 1 is 0.627 bits per heavy atom. The Bertz CT molecular complexity index is 2650. The molecule has 2 aliphatic heterocycles. The van der Waals surface area contributed by atoms with Crippen molar-refractivity contribution in [1.29, 1.82) is 0 Å². The SMILES string of the molecule is CC1=C(CCC(=O)O)c2cc3nc(cc4[nH]c(cc5[nH]c(cc1n2)c(CCC(=O)O)c5C)c(CCC(=O)NCCc1ccc(N=C=S)cc1)c4C)C(CCC(=O)O)=C3C. The van der Waals surface area contributed by atoms with Crippen LogP contribution in [0.1, 0.15) is 103 Å². The number of fused-ring (bicyclic) bond motifs is 8. The summed E-state index contributed by atoms with van der Waals surface area (Å²) >= 11 is 4.68. The van der Waals surface area contributed by atoms with Crippen molar-refractivity contribution in [1.82, 2.24) is 25.3 Å². The van der Waals surface area contributed by atoms with Gasteiger partial charge in [-0.25, -0.2) is 9.97 Å². The van der Waals surface area contributed by atoms with E-state index in [2.05, 4.69) is 37.7 Å². The number of isothiocyanates is 1. The number of amides is 1. The molecule has 14 heteroatoms. The number of aromatic nitrogens is 4. The van der Waals surface area contributed by atoms with Crippen molar-refractivity contribution >= 4 is 91.2 Å². The van der Waals surface area contributed by atoms with Crippen LogP contribution >= 0.6 is 12.2 Å². The Kier molecular flexibility index (Phi) is 13.1. The van der Waals surface area contributed by atoms with Gasteiger partial charge in [0.15, 0.2) is 0 Å². The molecule has 1 amide bonds. The lowest BCUT2D eigenvalue weighted by Gasteiger charge is -2.06. The number of aliphatic imine (C=N–C) groups is 1. The van der Waals surface area contributed by atoms with E-state index in [-0.39, 0.29) is 50.9 Å². The predicted octanol–water partition coefficient (Wildman–Crippen LogP) is 8.57. The zero-order valence-electron chi connectivity index (χ0n) is 33.4. The zero-order chi connectivity index (χ0) is 42.4. The van der Waals surface area contributed by atoms with Gasteiger partial charge in [0.25, 0.3) is 0 Å². The second kappa shape index (κ2) is 18.4. The average molecular weight is 815 g/mol. The highest BCUT2D eigenvalue weighted by atomic mass is 32.1. The van der Waals surface area contributed by atoms with E-state index in [0.29, 0.717) is 53.4 Å². The second-order valence-corrected chi connectivity index (χ2v) is 15.0. The minimum Gasteiger partial charge on any atom is -0.481 e. The van der Waals surface area contributed by atoms with Crippen molar-refractivity contribution in [3.8, 4) is 0 Å². The number of hydrogen-bond donors (Lipinski definition) is 6. The van der Waals surface area contributed by atoms with Gasteiger partial charge in [0.05, 0.1) is 33.6 Å². The van der Waals surface area contributed by atoms with E-state index in [0.717, 1.165) is 66.7 Å². The van der Waals surface area contributed by atoms with Gasteiger partial charge in [0, 0.05) is 54.3 Å². The smallest absolute Gasteiger partial charge is 0.303 e. The molecule has 304 valence electrons. The van der Waals surface area contributed by atoms with E-state index in [4.69, 9.17) is 9.97 Å². The molecule has 1 aromatic carbocycles.